The molecule has 0 radical (unpaired) electrons. The Morgan fingerprint density at radius 2 is 1.81 bits per heavy atom. The van der Waals surface area contributed by atoms with E-state index < -0.39 is 0 Å². The Balaban J connectivity index is 0.00000131. The number of carbonyl (C=O) groups excluding carboxylic acids is 1. The van der Waals surface area contributed by atoms with Crippen molar-refractivity contribution in [1.29, 1.82) is 0 Å². The number of morpholine rings is 1. The van der Waals surface area contributed by atoms with Gasteiger partial charge in [-0.25, -0.2) is 0 Å². The van der Waals surface area contributed by atoms with Crippen LogP contribution in [0.25, 0.3) is 0 Å². The highest BCUT2D eigenvalue weighted by atomic mass is 35.5. The summed E-state index contributed by atoms with van der Waals surface area (Å²) in [6, 6.07) is 8.48. The number of nitrogens with one attached hydrogen (secondary N) is 2. The van der Waals surface area contributed by atoms with Crippen molar-refractivity contribution in [3.8, 4) is 0 Å². The Hall–Kier alpha value is -0.850. The molecule has 5 nitrogen and oxygen atoms in total. The monoisotopic (exact) mass is 415 g/mol. The predicted octanol–water partition coefficient (Wildman–Crippen LogP) is 2.37. The van der Waals surface area contributed by atoms with E-state index in [0.29, 0.717) is 12.0 Å². The third-order valence-electron chi connectivity index (χ3n) is 6.17. The molecule has 0 aromatic heterocycles. The van der Waals surface area contributed by atoms with Crippen LogP contribution >= 0.6 is 24.8 Å². The fourth-order valence-electron chi connectivity index (χ4n) is 4.39. The second-order valence-electron chi connectivity index (χ2n) is 7.74. The van der Waals surface area contributed by atoms with Gasteiger partial charge in [0, 0.05) is 32.1 Å². The van der Waals surface area contributed by atoms with Gasteiger partial charge in [0.15, 0.2) is 0 Å². The Kier molecular flexibility index (Phi) is 8.38. The molecule has 1 saturated carbocycles. The average Bonchev–Trinajstić information content (AvgIpc) is 3.35. The maximum atomic E-state index is 12.6. The minimum Gasteiger partial charge on any atom is -0.379 e. The number of amides is 1. The second-order valence-corrected chi connectivity index (χ2v) is 7.74. The van der Waals surface area contributed by atoms with E-state index in [1.807, 2.05) is 0 Å². The molecule has 1 aromatic carbocycles. The molecular weight excluding hydrogens is 385 g/mol. The van der Waals surface area contributed by atoms with Gasteiger partial charge in [-0.3, -0.25) is 9.69 Å². The van der Waals surface area contributed by atoms with Gasteiger partial charge in [0.25, 0.3) is 0 Å². The van der Waals surface area contributed by atoms with Crippen LogP contribution in [0.1, 0.15) is 30.4 Å². The number of nitrogens with zero attached hydrogens (tertiary/aromatic N) is 1. The molecule has 1 atom stereocenters. The molecular formula is C20H31Cl2N3O2. The van der Waals surface area contributed by atoms with Gasteiger partial charge in [0.2, 0.25) is 5.91 Å². The lowest BCUT2D eigenvalue weighted by Gasteiger charge is -2.27. The molecule has 3 fully saturated rings. The SMILES string of the molecule is Cl.Cl.O=C(NCc1ccccc1CN1CCOCC1)C1CC12CCNCC2. The molecule has 2 saturated heterocycles. The largest absolute Gasteiger partial charge is 0.379 e. The number of carbonyl (C=O) groups is 1. The first-order chi connectivity index (χ1) is 12.3. The lowest BCUT2D eigenvalue weighted by molar-refractivity contribution is -0.123. The molecule has 1 spiro atoms. The summed E-state index contributed by atoms with van der Waals surface area (Å²) in [5, 5.41) is 6.61. The van der Waals surface area contributed by atoms with Crippen LogP contribution in [0, 0.1) is 11.3 Å². The zero-order valence-corrected chi connectivity index (χ0v) is 17.4. The van der Waals surface area contributed by atoms with E-state index >= 15 is 0 Å². The number of ether oxygens (including phenoxy) is 1. The molecule has 2 heterocycles. The van der Waals surface area contributed by atoms with Crippen molar-refractivity contribution in [2.75, 3.05) is 39.4 Å². The fourth-order valence-corrected chi connectivity index (χ4v) is 4.39. The quantitative estimate of drug-likeness (QED) is 0.774. The predicted molar refractivity (Wildman–Crippen MR) is 112 cm³/mol. The van der Waals surface area contributed by atoms with Crippen molar-refractivity contribution >= 4 is 30.7 Å². The van der Waals surface area contributed by atoms with Crippen LogP contribution in [-0.2, 0) is 22.6 Å². The van der Waals surface area contributed by atoms with Crippen molar-refractivity contribution in [2.45, 2.75) is 32.4 Å². The van der Waals surface area contributed by atoms with Gasteiger partial charge in [-0.15, -0.1) is 24.8 Å². The van der Waals surface area contributed by atoms with Crippen LogP contribution in [0.15, 0.2) is 24.3 Å². The van der Waals surface area contributed by atoms with Crippen molar-refractivity contribution in [1.82, 2.24) is 15.5 Å². The minimum atomic E-state index is 0. The topological polar surface area (TPSA) is 53.6 Å². The van der Waals surface area contributed by atoms with Gasteiger partial charge in [-0.2, -0.15) is 0 Å². The summed E-state index contributed by atoms with van der Waals surface area (Å²) in [4.78, 5) is 15.0. The summed E-state index contributed by atoms with van der Waals surface area (Å²) >= 11 is 0. The summed E-state index contributed by atoms with van der Waals surface area (Å²) < 4.78 is 5.43. The highest BCUT2D eigenvalue weighted by Gasteiger charge is 2.57. The van der Waals surface area contributed by atoms with Crippen LogP contribution in [-0.4, -0.2) is 50.2 Å². The molecule has 27 heavy (non-hydrogen) atoms. The second kappa shape index (κ2) is 10.1. The Labute approximate surface area is 174 Å². The lowest BCUT2D eigenvalue weighted by atomic mass is 9.92. The normalized spacial score (nSPS) is 23.8. The van der Waals surface area contributed by atoms with E-state index in [0.717, 1.165) is 65.2 Å². The van der Waals surface area contributed by atoms with Gasteiger partial charge in [0.05, 0.1) is 13.2 Å². The molecule has 1 aliphatic carbocycles. The molecule has 1 amide bonds. The number of hydrogen-bond donors (Lipinski definition) is 2. The van der Waals surface area contributed by atoms with Crippen LogP contribution in [0.3, 0.4) is 0 Å². The third kappa shape index (κ3) is 5.36. The first kappa shape index (κ1) is 22.4. The average molecular weight is 416 g/mol. The minimum absolute atomic E-state index is 0. The van der Waals surface area contributed by atoms with Crippen molar-refractivity contribution in [3.05, 3.63) is 35.4 Å². The fraction of sp³-hybridized carbons (Fsp3) is 0.650. The third-order valence-corrected chi connectivity index (χ3v) is 6.17. The first-order valence-electron chi connectivity index (χ1n) is 9.62. The molecule has 1 aromatic rings. The van der Waals surface area contributed by atoms with Crippen LogP contribution < -0.4 is 10.6 Å². The van der Waals surface area contributed by atoms with E-state index in [4.69, 9.17) is 4.74 Å². The summed E-state index contributed by atoms with van der Waals surface area (Å²) in [5.74, 6) is 0.490. The molecule has 2 aliphatic heterocycles. The maximum Gasteiger partial charge on any atom is 0.223 e. The number of piperidine rings is 1. The highest BCUT2D eigenvalue weighted by molar-refractivity contribution is 5.85. The molecule has 4 rings (SSSR count). The van der Waals surface area contributed by atoms with E-state index in [1.165, 1.54) is 11.1 Å². The Bertz CT molecular complexity index is 617. The van der Waals surface area contributed by atoms with Gasteiger partial charge in [0.1, 0.15) is 0 Å². The van der Waals surface area contributed by atoms with E-state index in [-0.39, 0.29) is 36.6 Å². The molecule has 1 unspecified atom stereocenters. The smallest absolute Gasteiger partial charge is 0.223 e. The van der Waals surface area contributed by atoms with Crippen molar-refractivity contribution in [2.24, 2.45) is 11.3 Å². The standard InChI is InChI=1S/C20H29N3O2.2ClH/c24-19(18-13-20(18)5-7-21-8-6-20)22-14-16-3-1-2-4-17(16)15-23-9-11-25-12-10-23;;/h1-4,18,21H,5-15H2,(H,22,24);2*1H. The van der Waals surface area contributed by atoms with Crippen molar-refractivity contribution < 1.29 is 9.53 Å². The summed E-state index contributed by atoms with van der Waals surface area (Å²) in [6.07, 6.45) is 3.38. The van der Waals surface area contributed by atoms with Crippen LogP contribution in [0.4, 0.5) is 0 Å². The van der Waals surface area contributed by atoms with E-state index in [1.54, 1.807) is 0 Å². The zero-order chi connectivity index (χ0) is 17.1. The summed E-state index contributed by atoms with van der Waals surface area (Å²) in [5.41, 5.74) is 2.86. The Morgan fingerprint density at radius 1 is 1.15 bits per heavy atom. The number of hydrogen-bond acceptors (Lipinski definition) is 4. The number of rotatable bonds is 5. The van der Waals surface area contributed by atoms with Gasteiger partial charge in [-0.1, -0.05) is 24.3 Å². The number of benzene rings is 1. The van der Waals surface area contributed by atoms with Gasteiger partial charge in [-0.05, 0) is 48.9 Å². The number of halogens is 2. The van der Waals surface area contributed by atoms with Gasteiger partial charge >= 0.3 is 0 Å². The van der Waals surface area contributed by atoms with Crippen LogP contribution in [0.2, 0.25) is 0 Å². The van der Waals surface area contributed by atoms with Gasteiger partial charge < -0.3 is 15.4 Å². The lowest BCUT2D eigenvalue weighted by Crippen LogP contribution is -2.36. The molecule has 3 aliphatic rings. The molecule has 0 bridgehead atoms. The molecule has 7 heteroatoms. The van der Waals surface area contributed by atoms with E-state index in [2.05, 4.69) is 39.8 Å². The summed E-state index contributed by atoms with van der Waals surface area (Å²) in [7, 11) is 0. The van der Waals surface area contributed by atoms with Crippen LogP contribution in [0.5, 0.6) is 0 Å². The highest BCUT2D eigenvalue weighted by Crippen LogP contribution is 2.58. The molecule has 2 N–H and O–H groups in total. The first-order valence-corrected chi connectivity index (χ1v) is 9.62. The van der Waals surface area contributed by atoms with Crippen molar-refractivity contribution in [3.63, 3.8) is 0 Å². The zero-order valence-electron chi connectivity index (χ0n) is 15.7. The van der Waals surface area contributed by atoms with E-state index in [9.17, 15) is 4.79 Å². The Morgan fingerprint density at radius 3 is 2.52 bits per heavy atom. The summed E-state index contributed by atoms with van der Waals surface area (Å²) in [6.45, 7) is 7.31. The molecule has 152 valence electrons. The maximum absolute atomic E-state index is 12.6.